The Kier molecular flexibility index (Phi) is 4.01. The van der Waals surface area contributed by atoms with E-state index in [0.717, 1.165) is 0 Å². The lowest BCUT2D eigenvalue weighted by molar-refractivity contribution is -0.136. The molecular formula is C12H22N2O3. The molecule has 0 radical (unpaired) electrons. The fourth-order valence-corrected chi connectivity index (χ4v) is 1.78. The quantitative estimate of drug-likeness (QED) is 0.795. The summed E-state index contributed by atoms with van der Waals surface area (Å²) in [4.78, 5) is 24.6. The maximum Gasteiger partial charge on any atom is 0.407 e. The predicted octanol–water partition coefficient (Wildman–Crippen LogP) is 1.38. The summed E-state index contributed by atoms with van der Waals surface area (Å²) in [5.41, 5.74) is -0.479. The highest BCUT2D eigenvalue weighted by Crippen LogP contribution is 2.28. The number of nitrogens with zero attached hydrogens (tertiary/aromatic N) is 1. The number of nitrogens with one attached hydrogen (secondary N) is 1. The average molecular weight is 242 g/mol. The predicted molar refractivity (Wildman–Crippen MR) is 64.6 cm³/mol. The summed E-state index contributed by atoms with van der Waals surface area (Å²) < 4.78 is 5.14. The molecule has 1 saturated carbocycles. The molecule has 0 unspecified atom stereocenters. The van der Waals surface area contributed by atoms with Crippen molar-refractivity contribution in [3.63, 3.8) is 0 Å². The second kappa shape index (κ2) is 4.94. The Hall–Kier alpha value is -1.26. The second-order valence-corrected chi connectivity index (χ2v) is 5.74. The molecule has 0 aromatic carbocycles. The molecule has 2 amide bonds. The Morgan fingerprint density at radius 1 is 1.24 bits per heavy atom. The minimum absolute atomic E-state index is 0.0462. The van der Waals surface area contributed by atoms with Gasteiger partial charge in [-0.05, 0) is 33.6 Å². The molecular weight excluding hydrogens is 220 g/mol. The van der Waals surface area contributed by atoms with Crippen molar-refractivity contribution in [1.82, 2.24) is 10.2 Å². The lowest BCUT2D eigenvalue weighted by Crippen LogP contribution is -2.50. The monoisotopic (exact) mass is 242 g/mol. The largest absolute Gasteiger partial charge is 0.444 e. The van der Waals surface area contributed by atoms with Crippen LogP contribution in [0.4, 0.5) is 4.79 Å². The van der Waals surface area contributed by atoms with E-state index in [1.165, 1.54) is 0 Å². The van der Waals surface area contributed by atoms with Crippen LogP contribution in [0.25, 0.3) is 0 Å². The zero-order chi connectivity index (χ0) is 13.2. The molecule has 5 heteroatoms. The van der Waals surface area contributed by atoms with Crippen LogP contribution in [0.3, 0.4) is 0 Å². The van der Waals surface area contributed by atoms with Crippen molar-refractivity contribution < 1.29 is 14.3 Å². The Balaban J connectivity index is 2.26. The first-order valence-electron chi connectivity index (χ1n) is 5.89. The molecule has 1 aliphatic carbocycles. The maximum atomic E-state index is 11.6. The number of amides is 2. The molecule has 1 aliphatic rings. The van der Waals surface area contributed by atoms with Crippen LogP contribution >= 0.6 is 0 Å². The van der Waals surface area contributed by atoms with Crippen LogP contribution in [0, 0.1) is 5.92 Å². The molecule has 1 fully saturated rings. The van der Waals surface area contributed by atoms with Crippen molar-refractivity contribution >= 4 is 12.0 Å². The third kappa shape index (κ3) is 4.24. The Bertz CT molecular complexity index is 301. The number of carbonyl (C=O) groups is 2. The Morgan fingerprint density at radius 3 is 2.18 bits per heavy atom. The highest BCUT2D eigenvalue weighted by atomic mass is 16.6. The van der Waals surface area contributed by atoms with Gasteiger partial charge in [0.1, 0.15) is 5.60 Å². The number of carbonyl (C=O) groups excluding carboxylic acids is 2. The van der Waals surface area contributed by atoms with E-state index in [1.54, 1.807) is 19.0 Å². The molecule has 0 saturated heterocycles. The van der Waals surface area contributed by atoms with Crippen LogP contribution in [-0.4, -0.2) is 42.6 Å². The van der Waals surface area contributed by atoms with Crippen molar-refractivity contribution in [1.29, 1.82) is 0 Å². The van der Waals surface area contributed by atoms with Gasteiger partial charge in [0.05, 0.1) is 0 Å². The maximum absolute atomic E-state index is 11.6. The van der Waals surface area contributed by atoms with Crippen LogP contribution < -0.4 is 5.32 Å². The van der Waals surface area contributed by atoms with Crippen LogP contribution in [0.5, 0.6) is 0 Å². The van der Waals surface area contributed by atoms with Crippen molar-refractivity contribution in [3.05, 3.63) is 0 Å². The van der Waals surface area contributed by atoms with Gasteiger partial charge in [-0.1, -0.05) is 0 Å². The molecule has 5 nitrogen and oxygen atoms in total. The third-order valence-corrected chi connectivity index (χ3v) is 2.65. The van der Waals surface area contributed by atoms with Gasteiger partial charge in [0.2, 0.25) is 5.91 Å². The normalized spacial score (nSPS) is 23.6. The van der Waals surface area contributed by atoms with Crippen molar-refractivity contribution in [2.24, 2.45) is 5.92 Å². The van der Waals surface area contributed by atoms with E-state index in [4.69, 9.17) is 4.74 Å². The van der Waals surface area contributed by atoms with Gasteiger partial charge in [0, 0.05) is 26.1 Å². The molecule has 1 rings (SSSR count). The fraction of sp³-hybridized carbons (Fsp3) is 0.833. The minimum atomic E-state index is -0.479. The average Bonchev–Trinajstić information content (AvgIpc) is 2.06. The smallest absolute Gasteiger partial charge is 0.407 e. The third-order valence-electron chi connectivity index (χ3n) is 2.65. The molecule has 0 atom stereocenters. The van der Waals surface area contributed by atoms with E-state index in [0.29, 0.717) is 12.8 Å². The highest BCUT2D eigenvalue weighted by molar-refractivity contribution is 5.79. The van der Waals surface area contributed by atoms with Crippen LogP contribution in [-0.2, 0) is 9.53 Å². The summed E-state index contributed by atoms with van der Waals surface area (Å²) in [7, 11) is 3.49. The van der Waals surface area contributed by atoms with E-state index in [-0.39, 0.29) is 17.9 Å². The van der Waals surface area contributed by atoms with Crippen LogP contribution in [0.1, 0.15) is 33.6 Å². The van der Waals surface area contributed by atoms with Crippen LogP contribution in [0.15, 0.2) is 0 Å². The van der Waals surface area contributed by atoms with E-state index < -0.39 is 11.7 Å². The molecule has 17 heavy (non-hydrogen) atoms. The molecule has 0 bridgehead atoms. The van der Waals surface area contributed by atoms with Crippen LogP contribution in [0.2, 0.25) is 0 Å². The lowest BCUT2D eigenvalue weighted by atomic mass is 9.79. The van der Waals surface area contributed by atoms with Gasteiger partial charge in [-0.25, -0.2) is 4.79 Å². The van der Waals surface area contributed by atoms with E-state index in [1.807, 2.05) is 20.8 Å². The molecule has 0 heterocycles. The molecule has 0 aromatic rings. The van der Waals surface area contributed by atoms with E-state index in [2.05, 4.69) is 5.32 Å². The Labute approximate surface area is 102 Å². The van der Waals surface area contributed by atoms with Gasteiger partial charge in [-0.3, -0.25) is 4.79 Å². The van der Waals surface area contributed by atoms with Gasteiger partial charge in [-0.2, -0.15) is 0 Å². The van der Waals surface area contributed by atoms with Crippen molar-refractivity contribution in [2.45, 2.75) is 45.3 Å². The summed E-state index contributed by atoms with van der Waals surface area (Å²) in [5.74, 6) is 0.178. The highest BCUT2D eigenvalue weighted by Gasteiger charge is 2.36. The molecule has 0 aromatic heterocycles. The molecule has 0 spiro atoms. The number of hydrogen-bond acceptors (Lipinski definition) is 3. The fourth-order valence-electron chi connectivity index (χ4n) is 1.78. The number of hydrogen-bond donors (Lipinski definition) is 1. The van der Waals surface area contributed by atoms with Gasteiger partial charge in [0.25, 0.3) is 0 Å². The number of alkyl carbamates (subject to hydrolysis) is 1. The zero-order valence-electron chi connectivity index (χ0n) is 11.2. The van der Waals surface area contributed by atoms with Crippen molar-refractivity contribution in [3.8, 4) is 0 Å². The standard InChI is InChI=1S/C12H22N2O3/c1-12(2,3)17-11(16)13-9-6-8(7-9)10(15)14(4)5/h8-9H,6-7H2,1-5H3,(H,13,16). The first-order valence-corrected chi connectivity index (χ1v) is 5.89. The molecule has 0 aliphatic heterocycles. The summed E-state index contributed by atoms with van der Waals surface area (Å²) >= 11 is 0. The summed E-state index contributed by atoms with van der Waals surface area (Å²) in [6, 6.07) is 0.0683. The first-order chi connectivity index (χ1) is 7.69. The molecule has 98 valence electrons. The Morgan fingerprint density at radius 2 is 1.76 bits per heavy atom. The molecule has 1 N–H and O–H groups in total. The zero-order valence-corrected chi connectivity index (χ0v) is 11.2. The van der Waals surface area contributed by atoms with Gasteiger partial charge < -0.3 is 15.0 Å². The topological polar surface area (TPSA) is 58.6 Å². The SMILES string of the molecule is CN(C)C(=O)C1CC(NC(=O)OC(C)(C)C)C1. The minimum Gasteiger partial charge on any atom is -0.444 e. The second-order valence-electron chi connectivity index (χ2n) is 5.74. The summed E-state index contributed by atoms with van der Waals surface area (Å²) in [6.45, 7) is 5.48. The summed E-state index contributed by atoms with van der Waals surface area (Å²) in [6.07, 6.45) is 1.00. The number of rotatable bonds is 2. The van der Waals surface area contributed by atoms with Crippen molar-refractivity contribution in [2.75, 3.05) is 14.1 Å². The first kappa shape index (κ1) is 13.8. The van der Waals surface area contributed by atoms with E-state index >= 15 is 0 Å². The van der Waals surface area contributed by atoms with E-state index in [9.17, 15) is 9.59 Å². The van der Waals surface area contributed by atoms with Gasteiger partial charge in [-0.15, -0.1) is 0 Å². The lowest BCUT2D eigenvalue weighted by Gasteiger charge is -2.36. The van der Waals surface area contributed by atoms with Gasteiger partial charge >= 0.3 is 6.09 Å². The van der Waals surface area contributed by atoms with Gasteiger partial charge in [0.15, 0.2) is 0 Å². The number of ether oxygens (including phenoxy) is 1. The summed E-state index contributed by atoms with van der Waals surface area (Å²) in [5, 5.41) is 2.76.